The first-order valence-electron chi connectivity index (χ1n) is 8.61. The van der Waals surface area contributed by atoms with Gasteiger partial charge in [0.2, 0.25) is 5.91 Å². The molecule has 0 radical (unpaired) electrons. The molecule has 1 heterocycles. The Hall–Kier alpha value is -2.82. The Morgan fingerprint density at radius 3 is 2.60 bits per heavy atom. The van der Waals surface area contributed by atoms with Crippen LogP contribution in [0.3, 0.4) is 0 Å². The monoisotopic (exact) mass is 336 g/mol. The Labute approximate surface area is 146 Å². The van der Waals surface area contributed by atoms with Crippen LogP contribution in [-0.4, -0.2) is 24.5 Å². The van der Waals surface area contributed by atoms with Gasteiger partial charge in [-0.3, -0.25) is 9.59 Å². The molecule has 2 aliphatic rings. The van der Waals surface area contributed by atoms with Crippen LogP contribution in [0.1, 0.15) is 28.8 Å². The molecule has 0 aromatic heterocycles. The lowest BCUT2D eigenvalue weighted by atomic mass is 9.95. The number of carbonyl (C=O) groups excluding carboxylic acids is 2. The normalized spacial score (nSPS) is 18.6. The molecule has 1 aliphatic heterocycles. The van der Waals surface area contributed by atoms with Crippen molar-refractivity contribution in [2.24, 2.45) is 5.92 Å². The third-order valence-electron chi connectivity index (χ3n) is 4.56. The van der Waals surface area contributed by atoms with Crippen LogP contribution in [0.5, 0.6) is 5.75 Å². The number of ether oxygens (including phenoxy) is 1. The van der Waals surface area contributed by atoms with Gasteiger partial charge in [-0.1, -0.05) is 18.2 Å². The van der Waals surface area contributed by atoms with Crippen LogP contribution < -0.4 is 15.4 Å². The SMILES string of the molecule is O=C(Nc1ccc2c(c1)C[C@H](C(=O)NC1CC1)CO2)c1ccccc1. The summed E-state index contributed by atoms with van der Waals surface area (Å²) >= 11 is 0. The lowest BCUT2D eigenvalue weighted by Gasteiger charge is -2.25. The predicted molar refractivity (Wildman–Crippen MR) is 94.7 cm³/mol. The Bertz CT molecular complexity index is 800. The van der Waals surface area contributed by atoms with Crippen molar-refractivity contribution < 1.29 is 14.3 Å². The van der Waals surface area contributed by atoms with Crippen LogP contribution in [-0.2, 0) is 11.2 Å². The number of hydrogen-bond acceptors (Lipinski definition) is 3. The van der Waals surface area contributed by atoms with Crippen molar-refractivity contribution >= 4 is 17.5 Å². The van der Waals surface area contributed by atoms with Gasteiger partial charge in [0.25, 0.3) is 5.91 Å². The van der Waals surface area contributed by atoms with Crippen LogP contribution in [0.15, 0.2) is 48.5 Å². The van der Waals surface area contributed by atoms with E-state index in [1.165, 1.54) is 0 Å². The number of hydrogen-bond donors (Lipinski definition) is 2. The van der Waals surface area contributed by atoms with Gasteiger partial charge in [-0.2, -0.15) is 0 Å². The minimum absolute atomic E-state index is 0.0619. The summed E-state index contributed by atoms with van der Waals surface area (Å²) in [5.74, 6) is 0.522. The zero-order valence-corrected chi connectivity index (χ0v) is 13.8. The van der Waals surface area contributed by atoms with Gasteiger partial charge in [0.1, 0.15) is 12.4 Å². The molecular weight excluding hydrogens is 316 g/mol. The summed E-state index contributed by atoms with van der Waals surface area (Å²) in [5, 5.41) is 5.93. The van der Waals surface area contributed by atoms with Crippen molar-refractivity contribution in [3.63, 3.8) is 0 Å². The molecule has 128 valence electrons. The van der Waals surface area contributed by atoms with Crippen molar-refractivity contribution in [3.8, 4) is 5.75 Å². The minimum Gasteiger partial charge on any atom is -0.492 e. The highest BCUT2D eigenvalue weighted by Gasteiger charge is 2.30. The van der Waals surface area contributed by atoms with Crippen molar-refractivity contribution in [2.75, 3.05) is 11.9 Å². The first kappa shape index (κ1) is 15.7. The zero-order valence-electron chi connectivity index (χ0n) is 13.8. The fourth-order valence-corrected chi connectivity index (χ4v) is 2.98. The molecule has 25 heavy (non-hydrogen) atoms. The summed E-state index contributed by atoms with van der Waals surface area (Å²) < 4.78 is 5.73. The summed E-state index contributed by atoms with van der Waals surface area (Å²) in [6.07, 6.45) is 2.78. The number of carbonyl (C=O) groups is 2. The van der Waals surface area contributed by atoms with E-state index in [0.29, 0.717) is 30.3 Å². The summed E-state index contributed by atoms with van der Waals surface area (Å²) in [6.45, 7) is 0.404. The molecule has 5 nitrogen and oxygen atoms in total. The van der Waals surface area contributed by atoms with Crippen LogP contribution in [0.25, 0.3) is 0 Å². The van der Waals surface area contributed by atoms with E-state index in [4.69, 9.17) is 4.74 Å². The standard InChI is InChI=1S/C20H20N2O3/c23-19(13-4-2-1-3-5-13)22-17-8-9-18-14(11-17)10-15(12-25-18)20(24)21-16-6-7-16/h1-5,8-9,11,15-16H,6-7,10,12H2,(H,21,24)(H,22,23)/t15-/m0/s1. The number of rotatable bonds is 4. The van der Waals surface area contributed by atoms with E-state index in [1.54, 1.807) is 12.1 Å². The maximum atomic E-state index is 12.3. The van der Waals surface area contributed by atoms with Gasteiger partial charge in [-0.05, 0) is 55.2 Å². The molecule has 4 rings (SSSR count). The van der Waals surface area contributed by atoms with Crippen LogP contribution >= 0.6 is 0 Å². The molecule has 0 saturated heterocycles. The van der Waals surface area contributed by atoms with Crippen molar-refractivity contribution in [2.45, 2.75) is 25.3 Å². The Morgan fingerprint density at radius 1 is 1.04 bits per heavy atom. The van der Waals surface area contributed by atoms with E-state index in [-0.39, 0.29) is 17.7 Å². The molecule has 2 aromatic carbocycles. The molecule has 2 N–H and O–H groups in total. The fourth-order valence-electron chi connectivity index (χ4n) is 2.98. The summed E-state index contributed by atoms with van der Waals surface area (Å²) in [5.41, 5.74) is 2.27. The van der Waals surface area contributed by atoms with Crippen molar-refractivity contribution in [1.29, 1.82) is 0 Å². The third-order valence-corrected chi connectivity index (χ3v) is 4.56. The molecule has 0 unspecified atom stereocenters. The van der Waals surface area contributed by atoms with Gasteiger partial charge in [-0.15, -0.1) is 0 Å². The number of fused-ring (bicyclic) bond motifs is 1. The lowest BCUT2D eigenvalue weighted by Crippen LogP contribution is -2.38. The van der Waals surface area contributed by atoms with E-state index < -0.39 is 0 Å². The van der Waals surface area contributed by atoms with Crippen LogP contribution in [0.2, 0.25) is 0 Å². The topological polar surface area (TPSA) is 67.4 Å². The Balaban J connectivity index is 1.46. The van der Waals surface area contributed by atoms with E-state index in [9.17, 15) is 9.59 Å². The predicted octanol–water partition coefficient (Wildman–Crippen LogP) is 2.77. The highest BCUT2D eigenvalue weighted by molar-refractivity contribution is 6.04. The van der Waals surface area contributed by atoms with Gasteiger partial charge in [0, 0.05) is 17.3 Å². The molecular formula is C20H20N2O3. The zero-order chi connectivity index (χ0) is 17.2. The average Bonchev–Trinajstić information content (AvgIpc) is 3.45. The average molecular weight is 336 g/mol. The quantitative estimate of drug-likeness (QED) is 0.902. The van der Waals surface area contributed by atoms with Gasteiger partial charge >= 0.3 is 0 Å². The van der Waals surface area contributed by atoms with Gasteiger partial charge in [0.15, 0.2) is 0 Å². The third kappa shape index (κ3) is 3.65. The lowest BCUT2D eigenvalue weighted by molar-refractivity contribution is -0.126. The second-order valence-corrected chi connectivity index (χ2v) is 6.64. The second-order valence-electron chi connectivity index (χ2n) is 6.64. The molecule has 2 aromatic rings. The second kappa shape index (κ2) is 6.59. The van der Waals surface area contributed by atoms with Gasteiger partial charge < -0.3 is 15.4 Å². The molecule has 1 fully saturated rings. The highest BCUT2D eigenvalue weighted by atomic mass is 16.5. The van der Waals surface area contributed by atoms with Crippen molar-refractivity contribution in [3.05, 3.63) is 59.7 Å². The van der Waals surface area contributed by atoms with Crippen LogP contribution in [0, 0.1) is 5.92 Å². The van der Waals surface area contributed by atoms with Crippen LogP contribution in [0.4, 0.5) is 5.69 Å². The molecule has 0 bridgehead atoms. The van der Waals surface area contributed by atoms with E-state index in [0.717, 1.165) is 24.2 Å². The fraction of sp³-hybridized carbons (Fsp3) is 0.300. The number of amides is 2. The van der Waals surface area contributed by atoms with E-state index >= 15 is 0 Å². The first-order chi connectivity index (χ1) is 12.2. The molecule has 1 aliphatic carbocycles. The summed E-state index contributed by atoms with van der Waals surface area (Å²) in [7, 11) is 0. The number of benzene rings is 2. The van der Waals surface area contributed by atoms with Crippen molar-refractivity contribution in [1.82, 2.24) is 5.32 Å². The molecule has 5 heteroatoms. The van der Waals surface area contributed by atoms with E-state index in [2.05, 4.69) is 10.6 Å². The highest BCUT2D eigenvalue weighted by Crippen LogP contribution is 2.31. The smallest absolute Gasteiger partial charge is 0.255 e. The molecule has 1 atom stereocenters. The van der Waals surface area contributed by atoms with E-state index in [1.807, 2.05) is 36.4 Å². The first-order valence-corrected chi connectivity index (χ1v) is 8.61. The number of anilines is 1. The number of nitrogens with one attached hydrogen (secondary N) is 2. The Kier molecular flexibility index (Phi) is 4.14. The molecule has 0 spiro atoms. The minimum atomic E-state index is -0.173. The maximum absolute atomic E-state index is 12.3. The maximum Gasteiger partial charge on any atom is 0.255 e. The van der Waals surface area contributed by atoms with Gasteiger partial charge in [-0.25, -0.2) is 0 Å². The largest absolute Gasteiger partial charge is 0.492 e. The molecule has 2 amide bonds. The molecule has 1 saturated carbocycles. The Morgan fingerprint density at radius 2 is 1.84 bits per heavy atom. The summed E-state index contributed by atoms with van der Waals surface area (Å²) in [4.78, 5) is 24.5. The summed E-state index contributed by atoms with van der Waals surface area (Å²) in [6, 6.07) is 15.0. The van der Waals surface area contributed by atoms with Gasteiger partial charge in [0.05, 0.1) is 5.92 Å².